The van der Waals surface area contributed by atoms with Crippen molar-refractivity contribution in [2.45, 2.75) is 26.5 Å². The first kappa shape index (κ1) is 20.7. The molecule has 0 spiro atoms. The number of carbonyl (C=O) groups is 2. The molecular formula is C22H25NO6. The SMILES string of the molecule is CC(C)[C@@H](NC(=O)COC(=O)c1ccc(CO)cc1)c1ccc2c(c1)OCCO2. The molecule has 0 saturated carbocycles. The fourth-order valence-corrected chi connectivity index (χ4v) is 3.06. The van der Waals surface area contributed by atoms with Gasteiger partial charge in [0, 0.05) is 0 Å². The normalized spacial score (nSPS) is 13.7. The summed E-state index contributed by atoms with van der Waals surface area (Å²) < 4.78 is 16.3. The lowest BCUT2D eigenvalue weighted by molar-refractivity contribution is -0.125. The van der Waals surface area contributed by atoms with Crippen molar-refractivity contribution >= 4 is 11.9 Å². The van der Waals surface area contributed by atoms with Crippen LogP contribution in [0.3, 0.4) is 0 Å². The van der Waals surface area contributed by atoms with Gasteiger partial charge in [-0.15, -0.1) is 0 Å². The van der Waals surface area contributed by atoms with Crippen LogP contribution in [-0.2, 0) is 16.1 Å². The molecule has 0 unspecified atom stereocenters. The van der Waals surface area contributed by atoms with Crippen LogP contribution in [0.1, 0.15) is 41.4 Å². The number of rotatable bonds is 7. The van der Waals surface area contributed by atoms with Crippen molar-refractivity contribution in [2.24, 2.45) is 5.92 Å². The standard InChI is InChI=1S/C22H25NO6/c1-14(2)21(17-7-8-18-19(11-17)28-10-9-27-18)23-20(25)13-29-22(26)16-5-3-15(12-24)4-6-16/h3-8,11,14,21,24H,9-10,12-13H2,1-2H3,(H,23,25)/t21-/m1/s1. The van der Waals surface area contributed by atoms with Crippen LogP contribution in [0.5, 0.6) is 11.5 Å². The summed E-state index contributed by atoms with van der Waals surface area (Å²) in [7, 11) is 0. The minimum Gasteiger partial charge on any atom is -0.486 e. The second-order valence-electron chi connectivity index (χ2n) is 7.12. The lowest BCUT2D eigenvalue weighted by Gasteiger charge is -2.25. The molecule has 1 aliphatic heterocycles. The molecule has 0 saturated heterocycles. The Balaban J connectivity index is 1.60. The maximum atomic E-state index is 12.4. The fourth-order valence-electron chi connectivity index (χ4n) is 3.06. The van der Waals surface area contributed by atoms with Gasteiger partial charge in [-0.3, -0.25) is 4.79 Å². The van der Waals surface area contributed by atoms with E-state index >= 15 is 0 Å². The van der Waals surface area contributed by atoms with E-state index in [1.807, 2.05) is 32.0 Å². The van der Waals surface area contributed by atoms with Gasteiger partial charge in [-0.05, 0) is 41.3 Å². The number of hydrogen-bond acceptors (Lipinski definition) is 6. The Morgan fingerprint density at radius 3 is 2.41 bits per heavy atom. The van der Waals surface area contributed by atoms with Crippen molar-refractivity contribution in [3.63, 3.8) is 0 Å². The largest absolute Gasteiger partial charge is 0.486 e. The zero-order valence-electron chi connectivity index (χ0n) is 16.5. The summed E-state index contributed by atoms with van der Waals surface area (Å²) in [5.41, 5.74) is 1.91. The number of esters is 1. The molecule has 29 heavy (non-hydrogen) atoms. The molecule has 1 aliphatic rings. The van der Waals surface area contributed by atoms with Crippen LogP contribution in [0.2, 0.25) is 0 Å². The van der Waals surface area contributed by atoms with E-state index in [1.165, 1.54) is 0 Å². The number of carbonyl (C=O) groups excluding carboxylic acids is 2. The molecule has 7 nitrogen and oxygen atoms in total. The molecule has 0 bridgehead atoms. The van der Waals surface area contributed by atoms with Crippen LogP contribution in [0.25, 0.3) is 0 Å². The lowest BCUT2D eigenvalue weighted by Crippen LogP contribution is -2.35. The lowest BCUT2D eigenvalue weighted by atomic mass is 9.95. The number of nitrogens with one attached hydrogen (secondary N) is 1. The Hall–Kier alpha value is -3.06. The number of ether oxygens (including phenoxy) is 3. The van der Waals surface area contributed by atoms with Crippen LogP contribution in [0.15, 0.2) is 42.5 Å². The van der Waals surface area contributed by atoms with E-state index in [0.29, 0.717) is 35.8 Å². The van der Waals surface area contributed by atoms with Crippen LogP contribution < -0.4 is 14.8 Å². The van der Waals surface area contributed by atoms with Gasteiger partial charge in [0.25, 0.3) is 5.91 Å². The van der Waals surface area contributed by atoms with Gasteiger partial charge < -0.3 is 24.6 Å². The van der Waals surface area contributed by atoms with Crippen LogP contribution in [0, 0.1) is 5.92 Å². The molecule has 2 N–H and O–H groups in total. The molecule has 1 heterocycles. The predicted molar refractivity (Wildman–Crippen MR) is 106 cm³/mol. The minimum atomic E-state index is -0.593. The van der Waals surface area contributed by atoms with Gasteiger partial charge in [0.05, 0.1) is 18.2 Å². The first-order valence-electron chi connectivity index (χ1n) is 9.53. The second kappa shape index (κ2) is 9.43. The van der Waals surface area contributed by atoms with Crippen molar-refractivity contribution in [2.75, 3.05) is 19.8 Å². The van der Waals surface area contributed by atoms with Crippen molar-refractivity contribution in [3.8, 4) is 11.5 Å². The first-order valence-corrected chi connectivity index (χ1v) is 9.53. The molecule has 0 aliphatic carbocycles. The summed E-state index contributed by atoms with van der Waals surface area (Å²) in [6, 6.07) is 11.7. The van der Waals surface area contributed by atoms with Crippen molar-refractivity contribution < 1.29 is 28.9 Å². The summed E-state index contributed by atoms with van der Waals surface area (Å²) in [6.45, 7) is 4.52. The summed E-state index contributed by atoms with van der Waals surface area (Å²) in [6.07, 6.45) is 0. The molecule has 1 amide bonds. The molecule has 2 aromatic rings. The molecule has 0 aromatic heterocycles. The highest BCUT2D eigenvalue weighted by molar-refractivity contribution is 5.91. The number of amides is 1. The summed E-state index contributed by atoms with van der Waals surface area (Å²) in [5, 5.41) is 12.0. The van der Waals surface area contributed by atoms with Gasteiger partial charge in [0.15, 0.2) is 18.1 Å². The average molecular weight is 399 g/mol. The maximum absolute atomic E-state index is 12.4. The predicted octanol–water partition coefficient (Wildman–Crippen LogP) is 2.62. The van der Waals surface area contributed by atoms with E-state index in [4.69, 9.17) is 19.3 Å². The average Bonchev–Trinajstić information content (AvgIpc) is 2.75. The topological polar surface area (TPSA) is 94.1 Å². The third-order valence-corrected chi connectivity index (χ3v) is 4.62. The molecule has 3 rings (SSSR count). The Bertz CT molecular complexity index is 862. The summed E-state index contributed by atoms with van der Waals surface area (Å²) in [4.78, 5) is 24.5. The number of benzene rings is 2. The van der Waals surface area contributed by atoms with Gasteiger partial charge >= 0.3 is 5.97 Å². The Morgan fingerprint density at radius 2 is 1.76 bits per heavy atom. The van der Waals surface area contributed by atoms with E-state index in [-0.39, 0.29) is 31.1 Å². The summed E-state index contributed by atoms with van der Waals surface area (Å²) >= 11 is 0. The Morgan fingerprint density at radius 1 is 1.07 bits per heavy atom. The second-order valence-corrected chi connectivity index (χ2v) is 7.12. The van der Waals surface area contributed by atoms with Crippen LogP contribution in [-0.4, -0.2) is 36.8 Å². The molecule has 1 atom stereocenters. The molecule has 0 fully saturated rings. The van der Waals surface area contributed by atoms with Gasteiger partial charge in [-0.1, -0.05) is 32.0 Å². The fraction of sp³-hybridized carbons (Fsp3) is 0.364. The van der Waals surface area contributed by atoms with Crippen LogP contribution >= 0.6 is 0 Å². The van der Waals surface area contributed by atoms with Gasteiger partial charge in [0.1, 0.15) is 13.2 Å². The van der Waals surface area contributed by atoms with Gasteiger partial charge in [-0.2, -0.15) is 0 Å². The smallest absolute Gasteiger partial charge is 0.338 e. The third-order valence-electron chi connectivity index (χ3n) is 4.62. The van der Waals surface area contributed by atoms with E-state index in [2.05, 4.69) is 5.32 Å². The summed E-state index contributed by atoms with van der Waals surface area (Å²) in [5.74, 6) is 0.480. The van der Waals surface area contributed by atoms with E-state index in [1.54, 1.807) is 24.3 Å². The van der Waals surface area contributed by atoms with E-state index in [9.17, 15) is 9.59 Å². The van der Waals surface area contributed by atoms with E-state index in [0.717, 1.165) is 5.56 Å². The zero-order valence-corrected chi connectivity index (χ0v) is 16.5. The minimum absolute atomic E-state index is 0.103. The first-order chi connectivity index (χ1) is 14.0. The highest BCUT2D eigenvalue weighted by atomic mass is 16.6. The van der Waals surface area contributed by atoms with Gasteiger partial charge in [0.2, 0.25) is 0 Å². The number of aliphatic hydroxyl groups excluding tert-OH is 1. The number of hydrogen-bond donors (Lipinski definition) is 2. The maximum Gasteiger partial charge on any atom is 0.338 e. The van der Waals surface area contributed by atoms with Crippen molar-refractivity contribution in [1.82, 2.24) is 5.32 Å². The number of aliphatic hydroxyl groups is 1. The monoisotopic (exact) mass is 399 g/mol. The van der Waals surface area contributed by atoms with Gasteiger partial charge in [-0.25, -0.2) is 4.79 Å². The zero-order chi connectivity index (χ0) is 20.8. The molecule has 7 heteroatoms. The van der Waals surface area contributed by atoms with Crippen LogP contribution in [0.4, 0.5) is 0 Å². The van der Waals surface area contributed by atoms with E-state index < -0.39 is 5.97 Å². The molecular weight excluding hydrogens is 374 g/mol. The quantitative estimate of drug-likeness (QED) is 0.695. The Labute approximate surface area is 169 Å². The molecule has 0 radical (unpaired) electrons. The molecule has 154 valence electrons. The van der Waals surface area contributed by atoms with Crippen molar-refractivity contribution in [1.29, 1.82) is 0 Å². The highest BCUT2D eigenvalue weighted by Gasteiger charge is 2.22. The van der Waals surface area contributed by atoms with Crippen molar-refractivity contribution in [3.05, 3.63) is 59.2 Å². The highest BCUT2D eigenvalue weighted by Crippen LogP contribution is 2.34. The third kappa shape index (κ3) is 5.26. The molecule has 2 aromatic carbocycles. The Kier molecular flexibility index (Phi) is 6.72. The number of fused-ring (bicyclic) bond motifs is 1.